The fourth-order valence-corrected chi connectivity index (χ4v) is 3.65. The largest absolute Gasteiger partial charge is 0.379 e. The zero-order valence-electron chi connectivity index (χ0n) is 13.6. The number of amides is 1. The van der Waals surface area contributed by atoms with Gasteiger partial charge in [-0.05, 0) is 30.9 Å². The molecule has 2 heterocycles. The van der Waals surface area contributed by atoms with E-state index in [0.717, 1.165) is 25.8 Å². The Hall–Kier alpha value is -1.46. The summed E-state index contributed by atoms with van der Waals surface area (Å²) in [5, 5.41) is 0. The number of halogens is 1. The first-order chi connectivity index (χ1) is 11.1. The van der Waals surface area contributed by atoms with Gasteiger partial charge in [-0.15, -0.1) is 0 Å². The third kappa shape index (κ3) is 3.72. The van der Waals surface area contributed by atoms with E-state index < -0.39 is 0 Å². The molecule has 1 amide bonds. The molecule has 23 heavy (non-hydrogen) atoms. The Morgan fingerprint density at radius 3 is 3.04 bits per heavy atom. The molecule has 0 radical (unpaired) electrons. The molecule has 3 rings (SSSR count). The van der Waals surface area contributed by atoms with Gasteiger partial charge >= 0.3 is 0 Å². The van der Waals surface area contributed by atoms with Crippen molar-refractivity contribution in [3.63, 3.8) is 0 Å². The van der Waals surface area contributed by atoms with Gasteiger partial charge < -0.3 is 14.4 Å². The average molecular weight is 321 g/mol. The SMILES string of the molecule is CO[C@H]1CO[C@]2(CCCN(C(=O)CCc3ccccc3F)C2)C1. The lowest BCUT2D eigenvalue weighted by Gasteiger charge is -2.39. The summed E-state index contributed by atoms with van der Waals surface area (Å²) in [6.07, 6.45) is 3.68. The Bertz CT molecular complexity index is 565. The van der Waals surface area contributed by atoms with Gasteiger partial charge in [0.1, 0.15) is 5.82 Å². The molecular weight excluding hydrogens is 297 g/mol. The zero-order valence-corrected chi connectivity index (χ0v) is 13.6. The number of nitrogens with zero attached hydrogens (tertiary/aromatic N) is 1. The van der Waals surface area contributed by atoms with E-state index in [2.05, 4.69) is 0 Å². The molecule has 2 aliphatic heterocycles. The van der Waals surface area contributed by atoms with Crippen LogP contribution < -0.4 is 0 Å². The Balaban J connectivity index is 1.56. The van der Waals surface area contributed by atoms with Gasteiger partial charge in [0.2, 0.25) is 5.91 Å². The van der Waals surface area contributed by atoms with Gasteiger partial charge in [-0.2, -0.15) is 0 Å². The minimum atomic E-state index is -0.243. The molecule has 1 aromatic carbocycles. The molecule has 5 heteroatoms. The number of hydrogen-bond acceptors (Lipinski definition) is 3. The third-order valence-electron chi connectivity index (χ3n) is 4.97. The monoisotopic (exact) mass is 321 g/mol. The fraction of sp³-hybridized carbons (Fsp3) is 0.611. The summed E-state index contributed by atoms with van der Waals surface area (Å²) in [6, 6.07) is 6.64. The second-order valence-electron chi connectivity index (χ2n) is 6.57. The number of ether oxygens (including phenoxy) is 2. The van der Waals surface area contributed by atoms with Gasteiger partial charge in [-0.25, -0.2) is 4.39 Å². The van der Waals surface area contributed by atoms with Crippen molar-refractivity contribution in [3.05, 3.63) is 35.6 Å². The van der Waals surface area contributed by atoms with Crippen molar-refractivity contribution in [3.8, 4) is 0 Å². The van der Waals surface area contributed by atoms with E-state index in [1.54, 1.807) is 25.3 Å². The molecular formula is C18H24FNO3. The van der Waals surface area contributed by atoms with Crippen LogP contribution in [0, 0.1) is 5.82 Å². The second kappa shape index (κ2) is 6.97. The highest BCUT2D eigenvalue weighted by Gasteiger charge is 2.44. The van der Waals surface area contributed by atoms with Crippen molar-refractivity contribution in [2.75, 3.05) is 26.8 Å². The van der Waals surface area contributed by atoms with E-state index in [1.807, 2.05) is 4.90 Å². The van der Waals surface area contributed by atoms with Crippen LogP contribution in [0.2, 0.25) is 0 Å². The normalized spacial score (nSPS) is 27.6. The number of piperidine rings is 1. The molecule has 126 valence electrons. The molecule has 1 aromatic rings. The van der Waals surface area contributed by atoms with Crippen LogP contribution in [-0.2, 0) is 20.7 Å². The Morgan fingerprint density at radius 2 is 2.30 bits per heavy atom. The summed E-state index contributed by atoms with van der Waals surface area (Å²) in [7, 11) is 1.70. The molecule has 2 aliphatic rings. The van der Waals surface area contributed by atoms with Gasteiger partial charge in [0, 0.05) is 33.0 Å². The third-order valence-corrected chi connectivity index (χ3v) is 4.97. The molecule has 2 fully saturated rings. The quantitative estimate of drug-likeness (QED) is 0.855. The van der Waals surface area contributed by atoms with Crippen molar-refractivity contribution in [1.29, 1.82) is 0 Å². The number of likely N-dealkylation sites (tertiary alicyclic amines) is 1. The molecule has 0 aliphatic carbocycles. The van der Waals surface area contributed by atoms with Crippen LogP contribution in [0.25, 0.3) is 0 Å². The van der Waals surface area contributed by atoms with Crippen LogP contribution in [0.1, 0.15) is 31.2 Å². The van der Waals surface area contributed by atoms with Crippen LogP contribution in [0.4, 0.5) is 4.39 Å². The van der Waals surface area contributed by atoms with Crippen LogP contribution >= 0.6 is 0 Å². The number of methoxy groups -OCH3 is 1. The number of carbonyl (C=O) groups excluding carboxylic acids is 1. The molecule has 0 saturated carbocycles. The van der Waals surface area contributed by atoms with Crippen LogP contribution in [0.5, 0.6) is 0 Å². The van der Waals surface area contributed by atoms with Crippen LogP contribution in [0.3, 0.4) is 0 Å². The van der Waals surface area contributed by atoms with E-state index in [0.29, 0.717) is 31.6 Å². The first kappa shape index (κ1) is 16.4. The van der Waals surface area contributed by atoms with Gasteiger partial charge in [0.15, 0.2) is 0 Å². The number of rotatable bonds is 4. The fourth-order valence-electron chi connectivity index (χ4n) is 3.65. The predicted molar refractivity (Wildman–Crippen MR) is 84.6 cm³/mol. The maximum Gasteiger partial charge on any atom is 0.223 e. The van der Waals surface area contributed by atoms with Crippen molar-refractivity contribution in [2.45, 2.75) is 43.8 Å². The number of aryl methyl sites for hydroxylation is 1. The Morgan fingerprint density at radius 1 is 1.48 bits per heavy atom. The zero-order chi connectivity index (χ0) is 16.3. The highest BCUT2D eigenvalue weighted by molar-refractivity contribution is 5.76. The lowest BCUT2D eigenvalue weighted by molar-refractivity contribution is -0.139. The van der Waals surface area contributed by atoms with Crippen molar-refractivity contribution in [2.24, 2.45) is 0 Å². The minimum absolute atomic E-state index is 0.0804. The molecule has 2 atom stereocenters. The molecule has 0 unspecified atom stereocenters. The molecule has 2 saturated heterocycles. The highest BCUT2D eigenvalue weighted by atomic mass is 19.1. The smallest absolute Gasteiger partial charge is 0.223 e. The first-order valence-electron chi connectivity index (χ1n) is 8.30. The highest BCUT2D eigenvalue weighted by Crippen LogP contribution is 2.35. The molecule has 0 aromatic heterocycles. The molecule has 4 nitrogen and oxygen atoms in total. The average Bonchev–Trinajstić information content (AvgIpc) is 2.96. The topological polar surface area (TPSA) is 38.8 Å². The van der Waals surface area contributed by atoms with Gasteiger partial charge in [-0.3, -0.25) is 4.79 Å². The summed E-state index contributed by atoms with van der Waals surface area (Å²) in [4.78, 5) is 14.4. The maximum atomic E-state index is 13.6. The van der Waals surface area contributed by atoms with Gasteiger partial charge in [0.25, 0.3) is 0 Å². The summed E-state index contributed by atoms with van der Waals surface area (Å²) < 4.78 is 25.0. The summed E-state index contributed by atoms with van der Waals surface area (Å²) in [5.41, 5.74) is 0.358. The van der Waals surface area contributed by atoms with Crippen LogP contribution in [0.15, 0.2) is 24.3 Å². The van der Waals surface area contributed by atoms with E-state index in [9.17, 15) is 9.18 Å². The predicted octanol–water partition coefficient (Wildman–Crippen LogP) is 2.55. The van der Waals surface area contributed by atoms with Crippen LogP contribution in [-0.4, -0.2) is 49.3 Å². The standard InChI is InChI=1S/C18H24FNO3/c1-22-15-11-18(23-12-15)9-4-10-20(13-18)17(21)8-7-14-5-2-3-6-16(14)19/h2-3,5-6,15H,4,7-13H2,1H3/t15-,18-/m1/s1. The summed E-state index contributed by atoms with van der Waals surface area (Å²) in [5.74, 6) is -0.158. The number of hydrogen-bond donors (Lipinski definition) is 0. The number of benzene rings is 1. The maximum absolute atomic E-state index is 13.6. The molecule has 0 N–H and O–H groups in total. The Kier molecular flexibility index (Phi) is 4.97. The second-order valence-corrected chi connectivity index (χ2v) is 6.57. The van der Waals surface area contributed by atoms with Crippen molar-refractivity contribution in [1.82, 2.24) is 4.90 Å². The summed E-state index contributed by atoms with van der Waals surface area (Å²) in [6.45, 7) is 2.00. The van der Waals surface area contributed by atoms with E-state index in [4.69, 9.17) is 9.47 Å². The minimum Gasteiger partial charge on any atom is -0.379 e. The summed E-state index contributed by atoms with van der Waals surface area (Å²) >= 11 is 0. The van der Waals surface area contributed by atoms with E-state index in [-0.39, 0.29) is 23.4 Å². The molecule has 0 bridgehead atoms. The lowest BCUT2D eigenvalue weighted by Crippen LogP contribution is -2.50. The molecule has 1 spiro atoms. The van der Waals surface area contributed by atoms with Crippen molar-refractivity contribution >= 4 is 5.91 Å². The van der Waals surface area contributed by atoms with Gasteiger partial charge in [0.05, 0.1) is 18.3 Å². The van der Waals surface area contributed by atoms with Crippen molar-refractivity contribution < 1.29 is 18.7 Å². The van der Waals surface area contributed by atoms with E-state index >= 15 is 0 Å². The number of carbonyl (C=O) groups is 1. The van der Waals surface area contributed by atoms with Gasteiger partial charge in [-0.1, -0.05) is 18.2 Å². The Labute approximate surface area is 136 Å². The first-order valence-corrected chi connectivity index (χ1v) is 8.30. The van der Waals surface area contributed by atoms with E-state index in [1.165, 1.54) is 6.07 Å². The lowest BCUT2D eigenvalue weighted by atomic mass is 9.89.